The molecule has 8 heteroatoms. The number of benzene rings is 4. The molecule has 0 radical (unpaired) electrons. The van der Waals surface area contributed by atoms with Crippen LogP contribution >= 0.6 is 0 Å². The number of para-hydroxylation sites is 2. The smallest absolute Gasteiger partial charge is 0.229 e. The van der Waals surface area contributed by atoms with Gasteiger partial charge < -0.3 is 25.3 Å². The zero-order chi connectivity index (χ0) is 28.8. The molecular weight excluding hydrogens is 522 g/mol. The maximum atomic E-state index is 6.76. The summed E-state index contributed by atoms with van der Waals surface area (Å²) in [7, 11) is 5.69. The number of hydrogen-bond donors (Lipinski definition) is 2. The van der Waals surface area contributed by atoms with Crippen molar-refractivity contribution in [1.82, 2.24) is 19.5 Å². The van der Waals surface area contributed by atoms with Crippen molar-refractivity contribution in [1.29, 1.82) is 0 Å². The van der Waals surface area contributed by atoms with Crippen LogP contribution in [0.2, 0.25) is 0 Å². The first-order chi connectivity index (χ1) is 20.5. The van der Waals surface area contributed by atoms with E-state index in [2.05, 4.69) is 57.7 Å². The summed E-state index contributed by atoms with van der Waals surface area (Å²) in [5.74, 6) is 1.81. The van der Waals surface area contributed by atoms with Crippen LogP contribution in [0, 0.1) is 0 Å². The number of nitrogen functional groups attached to an aromatic ring is 1. The number of ether oxygens (including phenoxy) is 1. The fourth-order valence-corrected chi connectivity index (χ4v) is 5.39. The van der Waals surface area contributed by atoms with Gasteiger partial charge in [-0.3, -0.25) is 0 Å². The molecule has 7 rings (SSSR count). The quantitative estimate of drug-likeness (QED) is 0.167. The summed E-state index contributed by atoms with van der Waals surface area (Å²) < 4.78 is 7.89. The molecule has 0 amide bonds. The topological polar surface area (TPSA) is 94.1 Å². The van der Waals surface area contributed by atoms with Gasteiger partial charge in [0.2, 0.25) is 5.95 Å². The molecular formula is C34H29N7O. The van der Waals surface area contributed by atoms with Crippen molar-refractivity contribution in [2.75, 3.05) is 37.2 Å². The molecule has 0 atom stereocenters. The number of anilines is 4. The van der Waals surface area contributed by atoms with Crippen molar-refractivity contribution < 1.29 is 4.74 Å². The van der Waals surface area contributed by atoms with E-state index in [1.165, 1.54) is 0 Å². The van der Waals surface area contributed by atoms with Crippen LogP contribution < -0.4 is 20.7 Å². The maximum absolute atomic E-state index is 6.76. The first kappa shape index (κ1) is 25.3. The van der Waals surface area contributed by atoms with E-state index in [0.717, 1.165) is 55.3 Å². The lowest BCUT2D eigenvalue weighted by Crippen LogP contribution is -2.09. The molecule has 8 nitrogen and oxygen atoms in total. The Kier molecular flexibility index (Phi) is 6.09. The van der Waals surface area contributed by atoms with Gasteiger partial charge in [-0.1, -0.05) is 36.4 Å². The van der Waals surface area contributed by atoms with Crippen molar-refractivity contribution in [3.05, 3.63) is 103 Å². The Hall–Kier alpha value is -5.63. The van der Waals surface area contributed by atoms with Gasteiger partial charge in [-0.25, -0.2) is 9.97 Å². The fourth-order valence-electron chi connectivity index (χ4n) is 5.39. The van der Waals surface area contributed by atoms with Gasteiger partial charge in [0.05, 0.1) is 29.3 Å². The van der Waals surface area contributed by atoms with Crippen molar-refractivity contribution in [2.45, 2.75) is 0 Å². The van der Waals surface area contributed by atoms with Gasteiger partial charge in [-0.15, -0.1) is 0 Å². The first-order valence-corrected chi connectivity index (χ1v) is 13.6. The van der Waals surface area contributed by atoms with Crippen LogP contribution in [0.3, 0.4) is 0 Å². The molecule has 0 saturated heterocycles. The van der Waals surface area contributed by atoms with Crippen LogP contribution in [-0.2, 0) is 0 Å². The Labute approximate surface area is 243 Å². The second-order valence-electron chi connectivity index (χ2n) is 10.4. The number of fused-ring (bicyclic) bond motifs is 3. The Balaban J connectivity index is 1.32. The van der Waals surface area contributed by atoms with E-state index in [9.17, 15) is 0 Å². The van der Waals surface area contributed by atoms with Crippen LogP contribution in [0.1, 0.15) is 0 Å². The van der Waals surface area contributed by atoms with E-state index in [1.807, 2.05) is 73.4 Å². The highest BCUT2D eigenvalue weighted by Crippen LogP contribution is 2.41. The number of pyridine rings is 1. The average molecular weight is 552 g/mol. The van der Waals surface area contributed by atoms with Gasteiger partial charge in [0.1, 0.15) is 11.6 Å². The molecule has 7 aromatic rings. The minimum atomic E-state index is 0.437. The molecule has 42 heavy (non-hydrogen) atoms. The zero-order valence-corrected chi connectivity index (χ0v) is 23.5. The average Bonchev–Trinajstić information content (AvgIpc) is 3.44. The van der Waals surface area contributed by atoms with Crippen LogP contribution in [0.4, 0.5) is 23.0 Å². The van der Waals surface area contributed by atoms with Gasteiger partial charge in [0.25, 0.3) is 0 Å². The van der Waals surface area contributed by atoms with E-state index in [0.29, 0.717) is 23.1 Å². The van der Waals surface area contributed by atoms with Crippen molar-refractivity contribution in [3.63, 3.8) is 0 Å². The third-order valence-corrected chi connectivity index (χ3v) is 7.53. The Morgan fingerprint density at radius 2 is 1.62 bits per heavy atom. The number of nitrogens with zero attached hydrogens (tertiary/aromatic N) is 5. The largest absolute Gasteiger partial charge is 0.495 e. The van der Waals surface area contributed by atoms with E-state index in [4.69, 9.17) is 20.4 Å². The molecule has 0 spiro atoms. The molecule has 0 fully saturated rings. The van der Waals surface area contributed by atoms with Gasteiger partial charge in [0, 0.05) is 54.2 Å². The molecule has 206 valence electrons. The summed E-state index contributed by atoms with van der Waals surface area (Å²) >= 11 is 0. The maximum Gasteiger partial charge on any atom is 0.229 e. The molecule has 0 aliphatic heterocycles. The molecule has 3 aromatic heterocycles. The molecule has 4 aromatic carbocycles. The normalized spacial score (nSPS) is 11.3. The van der Waals surface area contributed by atoms with E-state index >= 15 is 0 Å². The van der Waals surface area contributed by atoms with Gasteiger partial charge in [0.15, 0.2) is 0 Å². The van der Waals surface area contributed by atoms with Crippen LogP contribution in [-0.4, -0.2) is 40.7 Å². The second-order valence-corrected chi connectivity index (χ2v) is 10.4. The lowest BCUT2D eigenvalue weighted by molar-refractivity contribution is 0.417. The summed E-state index contributed by atoms with van der Waals surface area (Å²) in [6.07, 6.45) is 3.74. The Bertz CT molecular complexity index is 2120. The Morgan fingerprint density at radius 1 is 0.810 bits per heavy atom. The molecule has 0 saturated carbocycles. The first-order valence-electron chi connectivity index (χ1n) is 13.6. The van der Waals surface area contributed by atoms with Crippen molar-refractivity contribution >= 4 is 55.7 Å². The third kappa shape index (κ3) is 4.39. The molecule has 0 aliphatic carbocycles. The number of nitrogens with two attached hydrogens (primary N) is 1. The fraction of sp³-hybridized carbons (Fsp3) is 0.0882. The molecule has 3 N–H and O–H groups in total. The van der Waals surface area contributed by atoms with Crippen LogP contribution in [0.15, 0.2) is 103 Å². The molecule has 3 heterocycles. The zero-order valence-electron chi connectivity index (χ0n) is 23.5. The number of methoxy groups -OCH3 is 1. The third-order valence-electron chi connectivity index (χ3n) is 7.53. The van der Waals surface area contributed by atoms with E-state index < -0.39 is 0 Å². The minimum Gasteiger partial charge on any atom is -0.495 e. The van der Waals surface area contributed by atoms with Gasteiger partial charge in [-0.2, -0.15) is 4.98 Å². The summed E-state index contributed by atoms with van der Waals surface area (Å²) in [5, 5.41) is 6.55. The van der Waals surface area contributed by atoms with Crippen LogP contribution in [0.25, 0.3) is 49.7 Å². The molecule has 0 aliphatic rings. The summed E-state index contributed by atoms with van der Waals surface area (Å²) in [4.78, 5) is 16.3. The van der Waals surface area contributed by atoms with E-state index in [-0.39, 0.29) is 0 Å². The Morgan fingerprint density at radius 3 is 2.45 bits per heavy atom. The second kappa shape index (κ2) is 10.1. The van der Waals surface area contributed by atoms with Crippen LogP contribution in [0.5, 0.6) is 5.75 Å². The number of nitrogens with one attached hydrogen (secondary N) is 1. The lowest BCUT2D eigenvalue weighted by Gasteiger charge is -2.19. The highest BCUT2D eigenvalue weighted by Gasteiger charge is 2.17. The molecule has 0 unspecified atom stereocenters. The summed E-state index contributed by atoms with van der Waals surface area (Å²) in [6, 6.07) is 30.5. The predicted molar refractivity (Wildman–Crippen MR) is 172 cm³/mol. The molecule has 0 bridgehead atoms. The summed E-state index contributed by atoms with van der Waals surface area (Å²) in [5.41, 5.74) is 13.8. The SMILES string of the molecule is COc1cc(-c2cc(N(C)C)cc3nc4ccccc4cc23)c(N)cc1Nc1nccc(-n2ccc3ccccc32)n1. The predicted octanol–water partition coefficient (Wildman–Crippen LogP) is 7.19. The van der Waals surface area contributed by atoms with Crippen molar-refractivity contribution in [3.8, 4) is 22.7 Å². The van der Waals surface area contributed by atoms with Gasteiger partial charge >= 0.3 is 0 Å². The van der Waals surface area contributed by atoms with Crippen molar-refractivity contribution in [2.24, 2.45) is 0 Å². The number of aromatic nitrogens is 4. The minimum absolute atomic E-state index is 0.437. The highest BCUT2D eigenvalue weighted by molar-refractivity contribution is 6.05. The standard InChI is InChI=1S/C34H29N7O/c1-40(2)23-17-24(26-16-22-9-4-6-10-28(22)37-29(26)18-23)25-19-32(42-3)30(20-27(25)35)38-34-36-14-12-33(39-34)41-15-13-21-8-5-7-11-31(21)41/h4-20H,35H2,1-3H3,(H,36,38,39). The summed E-state index contributed by atoms with van der Waals surface area (Å²) in [6.45, 7) is 0. The van der Waals surface area contributed by atoms with Gasteiger partial charge in [-0.05, 0) is 65.5 Å². The van der Waals surface area contributed by atoms with E-state index in [1.54, 1.807) is 13.3 Å². The monoisotopic (exact) mass is 551 g/mol. The highest BCUT2D eigenvalue weighted by atomic mass is 16.5. The lowest BCUT2D eigenvalue weighted by atomic mass is 9.96. The number of hydrogen-bond acceptors (Lipinski definition) is 7. The number of rotatable bonds is 6.